The number of carbonyl (C=O) groups is 1. The fourth-order valence-electron chi connectivity index (χ4n) is 3.39. The predicted molar refractivity (Wildman–Crippen MR) is 105 cm³/mol. The first-order chi connectivity index (χ1) is 13.5. The van der Waals surface area contributed by atoms with Crippen LogP contribution in [0.15, 0.2) is 28.1 Å². The van der Waals surface area contributed by atoms with E-state index in [0.29, 0.717) is 41.1 Å². The van der Waals surface area contributed by atoms with Crippen LogP contribution < -0.4 is 10.2 Å². The number of benzene rings is 1. The zero-order chi connectivity index (χ0) is 19.7. The number of rotatable bonds is 4. The van der Waals surface area contributed by atoms with Crippen molar-refractivity contribution in [3.63, 3.8) is 0 Å². The number of halogens is 1. The Hall–Kier alpha value is -2.81. The fourth-order valence-corrected chi connectivity index (χ4v) is 4.08. The lowest BCUT2D eigenvalue weighted by molar-refractivity contribution is -0.117. The van der Waals surface area contributed by atoms with E-state index in [1.54, 1.807) is 19.1 Å². The molecule has 0 saturated carbocycles. The van der Waals surface area contributed by atoms with Crippen LogP contribution in [0.1, 0.15) is 30.8 Å². The molecular weight excluding hydrogens is 381 g/mol. The molecule has 1 fully saturated rings. The van der Waals surface area contributed by atoms with Crippen LogP contribution in [0.3, 0.4) is 0 Å². The topological polar surface area (TPSA) is 84.2 Å². The molecule has 0 aliphatic carbocycles. The van der Waals surface area contributed by atoms with Crippen molar-refractivity contribution in [3.05, 3.63) is 41.0 Å². The third kappa shape index (κ3) is 3.75. The lowest BCUT2D eigenvalue weighted by Gasteiger charge is -2.36. The smallest absolute Gasteiger partial charge is 0.248 e. The van der Waals surface area contributed by atoms with Gasteiger partial charge < -0.3 is 14.7 Å². The van der Waals surface area contributed by atoms with Crippen molar-refractivity contribution in [3.8, 4) is 11.4 Å². The van der Waals surface area contributed by atoms with E-state index in [1.165, 1.54) is 17.4 Å². The molecule has 1 unspecified atom stereocenters. The van der Waals surface area contributed by atoms with Crippen LogP contribution in [0, 0.1) is 19.7 Å². The number of anilines is 2. The minimum Gasteiger partial charge on any atom is -0.357 e. The largest absolute Gasteiger partial charge is 0.357 e. The molecule has 1 atom stereocenters. The Kier molecular flexibility index (Phi) is 5.08. The summed E-state index contributed by atoms with van der Waals surface area (Å²) in [4.78, 5) is 23.1. The Balaban J connectivity index is 1.57. The highest BCUT2D eigenvalue weighted by atomic mass is 32.1. The van der Waals surface area contributed by atoms with Gasteiger partial charge in [0.1, 0.15) is 11.9 Å². The van der Waals surface area contributed by atoms with Gasteiger partial charge in [0.05, 0.1) is 11.4 Å². The summed E-state index contributed by atoms with van der Waals surface area (Å²) in [5.41, 5.74) is 1.80. The second kappa shape index (κ2) is 7.67. The first kappa shape index (κ1) is 18.5. The molecule has 3 aromatic rings. The van der Waals surface area contributed by atoms with Gasteiger partial charge in [0.2, 0.25) is 17.6 Å². The average Bonchev–Trinajstić information content (AvgIpc) is 3.30. The Bertz CT molecular complexity index is 1000. The monoisotopic (exact) mass is 401 g/mol. The van der Waals surface area contributed by atoms with Crippen LogP contribution >= 0.6 is 11.3 Å². The number of nitrogens with zero attached hydrogens (tertiary/aromatic N) is 4. The van der Waals surface area contributed by atoms with Crippen LogP contribution in [0.2, 0.25) is 0 Å². The third-order valence-corrected chi connectivity index (χ3v) is 5.57. The van der Waals surface area contributed by atoms with E-state index in [1.807, 2.05) is 17.2 Å². The molecule has 1 saturated heterocycles. The van der Waals surface area contributed by atoms with Gasteiger partial charge in [-0.3, -0.25) is 4.79 Å². The number of nitrogens with one attached hydrogen (secondary N) is 1. The molecule has 1 aliphatic heterocycles. The summed E-state index contributed by atoms with van der Waals surface area (Å²) in [5, 5.41) is 9.14. The normalized spacial score (nSPS) is 17.0. The van der Waals surface area contributed by atoms with E-state index in [9.17, 15) is 9.18 Å². The van der Waals surface area contributed by atoms with Gasteiger partial charge in [-0.25, -0.2) is 9.37 Å². The fraction of sp³-hybridized carbons (Fsp3) is 0.368. The number of hydrogen-bond donors (Lipinski definition) is 1. The number of aromatic nitrogens is 3. The van der Waals surface area contributed by atoms with Crippen LogP contribution in [0.5, 0.6) is 0 Å². The molecule has 1 aromatic carbocycles. The van der Waals surface area contributed by atoms with E-state index in [-0.39, 0.29) is 5.91 Å². The van der Waals surface area contributed by atoms with Crippen LogP contribution in [-0.2, 0) is 4.79 Å². The first-order valence-electron chi connectivity index (χ1n) is 9.11. The van der Waals surface area contributed by atoms with Crippen LogP contribution in [0.25, 0.3) is 11.4 Å². The number of thiazole rings is 1. The number of amides is 1. The molecule has 7 nitrogen and oxygen atoms in total. The van der Waals surface area contributed by atoms with E-state index < -0.39 is 11.9 Å². The third-order valence-electron chi connectivity index (χ3n) is 4.70. The maximum atomic E-state index is 14.9. The van der Waals surface area contributed by atoms with Crippen molar-refractivity contribution >= 4 is 28.1 Å². The Morgan fingerprint density at radius 1 is 1.32 bits per heavy atom. The zero-order valence-corrected chi connectivity index (χ0v) is 16.4. The number of carbonyl (C=O) groups excluding carboxylic acids is 1. The summed E-state index contributed by atoms with van der Waals surface area (Å²) in [7, 11) is 0. The highest BCUT2D eigenvalue weighted by Gasteiger charge is 2.31. The van der Waals surface area contributed by atoms with E-state index >= 15 is 0 Å². The molecule has 9 heteroatoms. The van der Waals surface area contributed by atoms with Crippen molar-refractivity contribution in [2.45, 2.75) is 39.2 Å². The quantitative estimate of drug-likeness (QED) is 0.713. The maximum absolute atomic E-state index is 14.9. The molecule has 3 heterocycles. The SMILES string of the molecule is Cc1csc(NC(=O)C2CCCCN2c2ccc(-c3noc(C)n3)cc2F)n1. The first-order valence-corrected chi connectivity index (χ1v) is 9.99. The van der Waals surface area contributed by atoms with Gasteiger partial charge in [-0.15, -0.1) is 11.3 Å². The van der Waals surface area contributed by atoms with E-state index in [0.717, 1.165) is 18.5 Å². The molecule has 1 N–H and O–H groups in total. The second-order valence-corrected chi connectivity index (χ2v) is 7.65. The van der Waals surface area contributed by atoms with Gasteiger partial charge in [0.25, 0.3) is 0 Å². The Morgan fingerprint density at radius 3 is 2.86 bits per heavy atom. The zero-order valence-electron chi connectivity index (χ0n) is 15.6. The molecule has 146 valence electrons. The number of aryl methyl sites for hydroxylation is 2. The van der Waals surface area contributed by atoms with E-state index in [4.69, 9.17) is 4.52 Å². The molecular formula is C19H20FN5O2S. The summed E-state index contributed by atoms with van der Waals surface area (Å²) >= 11 is 1.39. The van der Waals surface area contributed by atoms with Gasteiger partial charge in [-0.1, -0.05) is 5.16 Å². The van der Waals surface area contributed by atoms with Crippen molar-refractivity contribution in [2.75, 3.05) is 16.8 Å². The summed E-state index contributed by atoms with van der Waals surface area (Å²) in [6.07, 6.45) is 2.50. The molecule has 1 aliphatic rings. The summed E-state index contributed by atoms with van der Waals surface area (Å²) in [6, 6.07) is 4.37. The average molecular weight is 401 g/mol. The van der Waals surface area contributed by atoms with Gasteiger partial charge in [0, 0.05) is 24.4 Å². The minimum absolute atomic E-state index is 0.161. The summed E-state index contributed by atoms with van der Waals surface area (Å²) in [6.45, 7) is 4.18. The van der Waals surface area contributed by atoms with Gasteiger partial charge in [-0.2, -0.15) is 4.98 Å². The minimum atomic E-state index is -0.439. The molecule has 28 heavy (non-hydrogen) atoms. The van der Waals surface area contributed by atoms with Gasteiger partial charge in [-0.05, 0) is 44.4 Å². The van der Waals surface area contributed by atoms with Crippen LogP contribution in [0.4, 0.5) is 15.2 Å². The van der Waals surface area contributed by atoms with Crippen LogP contribution in [-0.4, -0.2) is 33.6 Å². The second-order valence-electron chi connectivity index (χ2n) is 6.79. The lowest BCUT2D eigenvalue weighted by Crippen LogP contribution is -2.47. The Labute approximate surface area is 165 Å². The predicted octanol–water partition coefficient (Wildman–Crippen LogP) is 3.95. The van der Waals surface area contributed by atoms with Crippen molar-refractivity contribution in [1.82, 2.24) is 15.1 Å². The Morgan fingerprint density at radius 2 is 2.18 bits per heavy atom. The highest BCUT2D eigenvalue weighted by Crippen LogP contribution is 2.31. The van der Waals surface area contributed by atoms with Gasteiger partial charge >= 0.3 is 0 Å². The molecule has 4 rings (SSSR count). The van der Waals surface area contributed by atoms with E-state index in [2.05, 4.69) is 20.4 Å². The molecule has 0 radical (unpaired) electrons. The molecule has 2 aromatic heterocycles. The van der Waals surface area contributed by atoms with Crippen molar-refractivity contribution in [1.29, 1.82) is 0 Å². The molecule has 1 amide bonds. The number of hydrogen-bond acceptors (Lipinski definition) is 7. The number of piperidine rings is 1. The molecule has 0 bridgehead atoms. The van der Waals surface area contributed by atoms with Crippen molar-refractivity contribution in [2.24, 2.45) is 0 Å². The highest BCUT2D eigenvalue weighted by molar-refractivity contribution is 7.13. The van der Waals surface area contributed by atoms with Crippen molar-refractivity contribution < 1.29 is 13.7 Å². The maximum Gasteiger partial charge on any atom is 0.248 e. The van der Waals surface area contributed by atoms with Gasteiger partial charge in [0.15, 0.2) is 5.13 Å². The lowest BCUT2D eigenvalue weighted by atomic mass is 10.00. The molecule has 0 spiro atoms. The standard InChI is InChI=1S/C19H20FN5O2S/c1-11-10-28-19(21-11)23-18(26)16-5-3-4-8-25(16)15-7-6-13(9-14(15)20)17-22-12(2)27-24-17/h6-7,9-10,16H,3-5,8H2,1-2H3,(H,21,23,26). The summed E-state index contributed by atoms with van der Waals surface area (Å²) in [5.74, 6) is 0.191. The summed E-state index contributed by atoms with van der Waals surface area (Å²) < 4.78 is 19.9.